The lowest BCUT2D eigenvalue weighted by atomic mass is 10.1. The van der Waals surface area contributed by atoms with E-state index in [1.807, 2.05) is 56.4 Å². The third-order valence-corrected chi connectivity index (χ3v) is 7.94. The number of anilines is 2. The normalized spacial score (nSPS) is 19.2. The maximum Gasteiger partial charge on any atom is 0.274 e. The standard InChI is InChI=1S/C26H23N3OS2/c1-16-8-7-9-19(15-16)29-24(30)23(25-28(4)21-10-5-6-11-22(21)31-25)32-26(29)27-20-13-12-17(2)14-18(20)3/h5-15H,1-4H3. The number of nitrogens with zero attached hydrogens (tertiary/aromatic N) is 3. The largest absolute Gasteiger partial charge is 0.337 e. The van der Waals surface area contributed by atoms with Crippen molar-refractivity contribution in [1.82, 2.24) is 0 Å². The van der Waals surface area contributed by atoms with Gasteiger partial charge in [-0.1, -0.05) is 53.7 Å². The van der Waals surface area contributed by atoms with Gasteiger partial charge in [-0.25, -0.2) is 4.99 Å². The molecule has 6 heteroatoms. The molecule has 1 amide bonds. The summed E-state index contributed by atoms with van der Waals surface area (Å²) >= 11 is 3.09. The molecular formula is C26H23N3OS2. The lowest BCUT2D eigenvalue weighted by Gasteiger charge is -2.17. The molecule has 0 spiro atoms. The van der Waals surface area contributed by atoms with E-state index < -0.39 is 0 Å². The van der Waals surface area contributed by atoms with Crippen molar-refractivity contribution in [1.29, 1.82) is 0 Å². The number of thioether (sulfide) groups is 2. The topological polar surface area (TPSA) is 35.9 Å². The molecule has 4 nitrogen and oxygen atoms in total. The smallest absolute Gasteiger partial charge is 0.274 e. The molecule has 0 aromatic heterocycles. The Morgan fingerprint density at radius 3 is 2.38 bits per heavy atom. The SMILES string of the molecule is Cc1cccc(N2C(=O)C(=C3Sc4ccccc4N3C)SC2=Nc2ccc(C)cc2C)c1. The van der Waals surface area contributed by atoms with Gasteiger partial charge in [0.2, 0.25) is 0 Å². The van der Waals surface area contributed by atoms with Gasteiger partial charge in [-0.3, -0.25) is 9.69 Å². The van der Waals surface area contributed by atoms with Gasteiger partial charge in [-0.05, 0) is 74.0 Å². The molecule has 1 saturated heterocycles. The van der Waals surface area contributed by atoms with Gasteiger partial charge in [0.1, 0.15) is 4.91 Å². The molecular weight excluding hydrogens is 434 g/mol. The van der Waals surface area contributed by atoms with Crippen LogP contribution in [0.5, 0.6) is 0 Å². The van der Waals surface area contributed by atoms with Crippen molar-refractivity contribution in [3.05, 3.63) is 93.4 Å². The predicted molar refractivity (Wildman–Crippen MR) is 137 cm³/mol. The summed E-state index contributed by atoms with van der Waals surface area (Å²) in [6.07, 6.45) is 0. The Bertz CT molecular complexity index is 1310. The first-order chi connectivity index (χ1) is 15.4. The molecule has 0 radical (unpaired) electrons. The van der Waals surface area contributed by atoms with Crippen LogP contribution in [0.4, 0.5) is 17.1 Å². The molecule has 2 aliphatic heterocycles. The summed E-state index contributed by atoms with van der Waals surface area (Å²) in [7, 11) is 2.02. The predicted octanol–water partition coefficient (Wildman–Crippen LogP) is 6.79. The molecule has 3 aromatic carbocycles. The molecule has 2 heterocycles. The number of benzene rings is 3. The fourth-order valence-corrected chi connectivity index (χ4v) is 6.25. The van der Waals surface area contributed by atoms with E-state index in [1.54, 1.807) is 16.7 Å². The Balaban J connectivity index is 1.64. The highest BCUT2D eigenvalue weighted by Crippen LogP contribution is 2.50. The molecule has 32 heavy (non-hydrogen) atoms. The number of amidine groups is 1. The van der Waals surface area contributed by atoms with Crippen molar-refractivity contribution < 1.29 is 4.79 Å². The quantitative estimate of drug-likeness (QED) is 0.397. The molecule has 0 unspecified atom stereocenters. The molecule has 0 N–H and O–H groups in total. The first-order valence-corrected chi connectivity index (χ1v) is 12.1. The van der Waals surface area contributed by atoms with Gasteiger partial charge >= 0.3 is 0 Å². The summed E-state index contributed by atoms with van der Waals surface area (Å²) in [4.78, 5) is 24.4. The van der Waals surface area contributed by atoms with Crippen LogP contribution >= 0.6 is 23.5 Å². The maximum absolute atomic E-state index is 13.8. The van der Waals surface area contributed by atoms with E-state index >= 15 is 0 Å². The fourth-order valence-electron chi connectivity index (χ4n) is 3.91. The highest BCUT2D eigenvalue weighted by atomic mass is 32.2. The van der Waals surface area contributed by atoms with Crippen LogP contribution in [0.2, 0.25) is 0 Å². The number of aliphatic imine (C=N–C) groups is 1. The van der Waals surface area contributed by atoms with Crippen LogP contribution in [0, 0.1) is 20.8 Å². The highest BCUT2D eigenvalue weighted by molar-refractivity contribution is 8.20. The molecule has 1 fully saturated rings. The van der Waals surface area contributed by atoms with Crippen molar-refractivity contribution in [2.45, 2.75) is 25.7 Å². The molecule has 0 atom stereocenters. The second-order valence-electron chi connectivity index (χ2n) is 8.03. The fraction of sp³-hybridized carbons (Fsp3) is 0.154. The highest BCUT2D eigenvalue weighted by Gasteiger charge is 2.40. The summed E-state index contributed by atoms with van der Waals surface area (Å²) in [5, 5.41) is 1.63. The average molecular weight is 458 g/mol. The molecule has 2 aliphatic rings. The van der Waals surface area contributed by atoms with Gasteiger partial charge < -0.3 is 4.90 Å². The maximum atomic E-state index is 13.8. The molecule has 0 bridgehead atoms. The zero-order valence-corrected chi connectivity index (χ0v) is 20.1. The van der Waals surface area contributed by atoms with Crippen LogP contribution in [-0.4, -0.2) is 18.1 Å². The summed E-state index contributed by atoms with van der Waals surface area (Å²) in [6.45, 7) is 6.17. The number of hydrogen-bond acceptors (Lipinski definition) is 5. The van der Waals surface area contributed by atoms with Gasteiger partial charge in [0.25, 0.3) is 5.91 Å². The number of para-hydroxylation sites is 1. The van der Waals surface area contributed by atoms with Crippen LogP contribution in [0.15, 0.2) is 86.6 Å². The van der Waals surface area contributed by atoms with E-state index in [2.05, 4.69) is 43.0 Å². The Morgan fingerprint density at radius 1 is 0.844 bits per heavy atom. The number of amides is 1. The Morgan fingerprint density at radius 2 is 1.62 bits per heavy atom. The number of aryl methyl sites for hydroxylation is 3. The third kappa shape index (κ3) is 3.63. The summed E-state index contributed by atoms with van der Waals surface area (Å²) in [5.41, 5.74) is 6.23. The molecule has 0 aliphatic carbocycles. The van der Waals surface area contributed by atoms with E-state index in [9.17, 15) is 4.79 Å². The van der Waals surface area contributed by atoms with Crippen molar-refractivity contribution in [3.8, 4) is 0 Å². The van der Waals surface area contributed by atoms with Crippen LogP contribution in [0.1, 0.15) is 16.7 Å². The monoisotopic (exact) mass is 457 g/mol. The van der Waals surface area contributed by atoms with E-state index in [0.29, 0.717) is 10.1 Å². The Hall–Kier alpha value is -2.96. The molecule has 5 rings (SSSR count). The molecule has 3 aromatic rings. The number of carbonyl (C=O) groups is 1. The van der Waals surface area contributed by atoms with Gasteiger partial charge in [0, 0.05) is 11.9 Å². The van der Waals surface area contributed by atoms with Crippen molar-refractivity contribution in [2.24, 2.45) is 4.99 Å². The Labute approximate surface area is 197 Å². The lowest BCUT2D eigenvalue weighted by molar-refractivity contribution is -0.113. The zero-order valence-electron chi connectivity index (χ0n) is 18.4. The van der Waals surface area contributed by atoms with E-state index in [-0.39, 0.29) is 5.91 Å². The second kappa shape index (κ2) is 8.19. The van der Waals surface area contributed by atoms with Crippen LogP contribution in [0.3, 0.4) is 0 Å². The first-order valence-electron chi connectivity index (χ1n) is 10.4. The number of hydrogen-bond donors (Lipinski definition) is 0. The second-order valence-corrected chi connectivity index (χ2v) is 10.0. The first kappa shape index (κ1) is 20.9. The average Bonchev–Trinajstić information content (AvgIpc) is 3.27. The summed E-state index contributed by atoms with van der Waals surface area (Å²) in [6, 6.07) is 22.5. The van der Waals surface area contributed by atoms with Gasteiger partial charge in [-0.2, -0.15) is 0 Å². The summed E-state index contributed by atoms with van der Waals surface area (Å²) in [5.74, 6) is -0.0359. The Kier molecular flexibility index (Phi) is 5.35. The van der Waals surface area contributed by atoms with Gasteiger partial charge in [0.05, 0.1) is 22.1 Å². The van der Waals surface area contributed by atoms with Crippen LogP contribution < -0.4 is 9.80 Å². The third-order valence-electron chi connectivity index (χ3n) is 5.54. The van der Waals surface area contributed by atoms with E-state index in [4.69, 9.17) is 4.99 Å². The van der Waals surface area contributed by atoms with Crippen molar-refractivity contribution >= 4 is 51.7 Å². The lowest BCUT2D eigenvalue weighted by Crippen LogP contribution is -2.29. The molecule has 0 saturated carbocycles. The number of rotatable bonds is 2. The van der Waals surface area contributed by atoms with Crippen LogP contribution in [-0.2, 0) is 4.79 Å². The van der Waals surface area contributed by atoms with E-state index in [1.165, 1.54) is 17.3 Å². The van der Waals surface area contributed by atoms with E-state index in [0.717, 1.165) is 38.1 Å². The molecule has 160 valence electrons. The van der Waals surface area contributed by atoms with Crippen LogP contribution in [0.25, 0.3) is 0 Å². The van der Waals surface area contributed by atoms with Gasteiger partial charge in [0.15, 0.2) is 5.17 Å². The number of fused-ring (bicyclic) bond motifs is 1. The van der Waals surface area contributed by atoms with Crippen molar-refractivity contribution in [3.63, 3.8) is 0 Å². The number of carbonyl (C=O) groups excluding carboxylic acids is 1. The van der Waals surface area contributed by atoms with Crippen molar-refractivity contribution in [2.75, 3.05) is 16.8 Å². The minimum Gasteiger partial charge on any atom is -0.337 e. The summed E-state index contributed by atoms with van der Waals surface area (Å²) < 4.78 is 0. The zero-order chi connectivity index (χ0) is 22.4. The minimum atomic E-state index is -0.0359. The van der Waals surface area contributed by atoms with Gasteiger partial charge in [-0.15, -0.1) is 0 Å². The minimum absolute atomic E-state index is 0.0359.